The van der Waals surface area contributed by atoms with E-state index < -0.39 is 0 Å². The maximum absolute atomic E-state index is 11.9. The maximum atomic E-state index is 11.9. The summed E-state index contributed by atoms with van der Waals surface area (Å²) in [5.74, 6) is 2.99. The first-order chi connectivity index (χ1) is 14.1. The fraction of sp³-hybridized carbons (Fsp3) is 0.720. The number of nitrogens with zero attached hydrogens (tertiary/aromatic N) is 1. The molecular formula is C25H38N2O2. The maximum Gasteiger partial charge on any atom is 0.222 e. The quantitative estimate of drug-likeness (QED) is 0.766. The number of amides is 1. The normalized spacial score (nSPS) is 25.6. The van der Waals surface area contributed by atoms with Crippen molar-refractivity contribution in [3.63, 3.8) is 0 Å². The minimum atomic E-state index is 0.0973. The van der Waals surface area contributed by atoms with Crippen LogP contribution >= 0.6 is 0 Å². The van der Waals surface area contributed by atoms with Crippen molar-refractivity contribution in [2.24, 2.45) is 11.8 Å². The molecule has 0 aromatic heterocycles. The molecule has 0 unspecified atom stereocenters. The van der Waals surface area contributed by atoms with Crippen LogP contribution < -0.4 is 10.1 Å². The van der Waals surface area contributed by atoms with Crippen molar-refractivity contribution < 1.29 is 9.53 Å². The van der Waals surface area contributed by atoms with Gasteiger partial charge in [0.25, 0.3) is 0 Å². The van der Waals surface area contributed by atoms with Crippen molar-refractivity contribution >= 4 is 5.91 Å². The average molecular weight is 399 g/mol. The minimum absolute atomic E-state index is 0.0973. The third-order valence-electron chi connectivity index (χ3n) is 7.38. The van der Waals surface area contributed by atoms with Gasteiger partial charge in [0.1, 0.15) is 5.75 Å². The van der Waals surface area contributed by atoms with Gasteiger partial charge in [-0.15, -0.1) is 0 Å². The molecule has 29 heavy (non-hydrogen) atoms. The zero-order chi connectivity index (χ0) is 20.2. The molecule has 4 rings (SSSR count). The largest absolute Gasteiger partial charge is 0.493 e. The molecule has 0 bridgehead atoms. The number of nitrogens with one attached hydrogen (secondary N) is 1. The lowest BCUT2D eigenvalue weighted by Gasteiger charge is -2.35. The van der Waals surface area contributed by atoms with E-state index in [1.54, 1.807) is 5.56 Å². The standard InChI is InChI=1S/C25H38N2O2/c1-18(2)25(28)26-21-8-6-19(7-9-21)10-14-27-15-11-20(12-16-27)22-4-3-5-24-23(22)13-17-29-24/h3-5,18-21H,6-17H2,1-2H3,(H,26,28)/t19-,21-. The highest BCUT2D eigenvalue weighted by Crippen LogP contribution is 2.37. The highest BCUT2D eigenvalue weighted by atomic mass is 16.5. The average Bonchev–Trinajstić information content (AvgIpc) is 3.22. The Morgan fingerprint density at radius 1 is 1.14 bits per heavy atom. The topological polar surface area (TPSA) is 41.6 Å². The summed E-state index contributed by atoms with van der Waals surface area (Å²) in [6.45, 7) is 8.51. The van der Waals surface area contributed by atoms with E-state index in [-0.39, 0.29) is 11.8 Å². The summed E-state index contributed by atoms with van der Waals surface area (Å²) >= 11 is 0. The highest BCUT2D eigenvalue weighted by Gasteiger charge is 2.27. The fourth-order valence-electron chi connectivity index (χ4n) is 5.43. The summed E-state index contributed by atoms with van der Waals surface area (Å²) in [6, 6.07) is 7.05. The minimum Gasteiger partial charge on any atom is -0.493 e. The van der Waals surface area contributed by atoms with Crippen LogP contribution in [0.1, 0.15) is 75.8 Å². The van der Waals surface area contributed by atoms with E-state index in [0.29, 0.717) is 12.0 Å². The van der Waals surface area contributed by atoms with E-state index in [0.717, 1.165) is 37.5 Å². The Morgan fingerprint density at radius 3 is 2.62 bits per heavy atom. The van der Waals surface area contributed by atoms with E-state index in [1.807, 2.05) is 13.8 Å². The van der Waals surface area contributed by atoms with Gasteiger partial charge in [-0.05, 0) is 88.0 Å². The molecule has 1 aromatic rings. The highest BCUT2D eigenvalue weighted by molar-refractivity contribution is 5.78. The molecule has 160 valence electrons. The predicted molar refractivity (Wildman–Crippen MR) is 117 cm³/mol. The van der Waals surface area contributed by atoms with Crippen LogP contribution in [0.25, 0.3) is 0 Å². The number of rotatable bonds is 6. The van der Waals surface area contributed by atoms with Crippen LogP contribution in [0.5, 0.6) is 5.75 Å². The molecule has 3 aliphatic rings. The summed E-state index contributed by atoms with van der Waals surface area (Å²) in [5.41, 5.74) is 3.04. The molecule has 0 atom stereocenters. The molecule has 1 aliphatic carbocycles. The van der Waals surface area contributed by atoms with Gasteiger partial charge in [0.2, 0.25) is 5.91 Å². The number of piperidine rings is 1. The Morgan fingerprint density at radius 2 is 1.90 bits per heavy atom. The third kappa shape index (κ3) is 5.14. The van der Waals surface area contributed by atoms with Gasteiger partial charge in [-0.1, -0.05) is 26.0 Å². The molecule has 2 heterocycles. The predicted octanol–water partition coefficient (Wildman–Crippen LogP) is 4.52. The molecule has 1 saturated carbocycles. The Bertz CT molecular complexity index is 686. The SMILES string of the molecule is CC(C)C(=O)N[C@H]1CC[C@H](CCN2CCC(c3cccc4c3CCO4)CC2)CC1. The molecule has 1 aromatic carbocycles. The Hall–Kier alpha value is -1.55. The van der Waals surface area contributed by atoms with Gasteiger partial charge in [0, 0.05) is 23.9 Å². The summed E-state index contributed by atoms with van der Waals surface area (Å²) in [6.07, 6.45) is 9.84. The van der Waals surface area contributed by atoms with Gasteiger partial charge in [0.05, 0.1) is 6.61 Å². The van der Waals surface area contributed by atoms with Gasteiger partial charge in [0.15, 0.2) is 0 Å². The smallest absolute Gasteiger partial charge is 0.222 e. The summed E-state index contributed by atoms with van der Waals surface area (Å²) < 4.78 is 5.76. The lowest BCUT2D eigenvalue weighted by molar-refractivity contribution is -0.125. The van der Waals surface area contributed by atoms with E-state index in [1.165, 1.54) is 57.3 Å². The second-order valence-electron chi connectivity index (χ2n) is 9.71. The van der Waals surface area contributed by atoms with Crippen LogP contribution in [0.3, 0.4) is 0 Å². The van der Waals surface area contributed by atoms with Gasteiger partial charge >= 0.3 is 0 Å². The lowest BCUT2D eigenvalue weighted by Crippen LogP contribution is -2.40. The van der Waals surface area contributed by atoms with E-state index in [9.17, 15) is 4.79 Å². The summed E-state index contributed by atoms with van der Waals surface area (Å²) in [7, 11) is 0. The molecule has 1 amide bonds. The monoisotopic (exact) mass is 398 g/mol. The zero-order valence-electron chi connectivity index (χ0n) is 18.3. The number of carbonyl (C=O) groups excluding carboxylic acids is 1. The van der Waals surface area contributed by atoms with Crippen LogP contribution in [-0.2, 0) is 11.2 Å². The molecule has 2 aliphatic heterocycles. The van der Waals surface area contributed by atoms with Crippen molar-refractivity contribution in [2.75, 3.05) is 26.2 Å². The molecular weight excluding hydrogens is 360 g/mol. The Kier molecular flexibility index (Phi) is 6.79. The second-order valence-corrected chi connectivity index (χ2v) is 9.71. The first-order valence-corrected chi connectivity index (χ1v) is 11.9. The van der Waals surface area contributed by atoms with E-state index in [2.05, 4.69) is 28.4 Å². The molecule has 4 nitrogen and oxygen atoms in total. The molecule has 4 heteroatoms. The van der Waals surface area contributed by atoms with Gasteiger partial charge in [-0.25, -0.2) is 0 Å². The first kappa shape index (κ1) is 20.7. The van der Waals surface area contributed by atoms with Gasteiger partial charge in [-0.3, -0.25) is 4.79 Å². The van der Waals surface area contributed by atoms with Crippen LogP contribution in [0.2, 0.25) is 0 Å². The second kappa shape index (κ2) is 9.51. The number of fused-ring (bicyclic) bond motifs is 1. The summed E-state index contributed by atoms with van der Waals surface area (Å²) in [5, 5.41) is 3.22. The Labute approximate surface area is 176 Å². The van der Waals surface area contributed by atoms with E-state index in [4.69, 9.17) is 4.74 Å². The van der Waals surface area contributed by atoms with Crippen molar-refractivity contribution in [3.8, 4) is 5.75 Å². The van der Waals surface area contributed by atoms with Crippen LogP contribution in [0, 0.1) is 11.8 Å². The fourth-order valence-corrected chi connectivity index (χ4v) is 5.43. The number of likely N-dealkylation sites (tertiary alicyclic amines) is 1. The molecule has 1 N–H and O–H groups in total. The molecule has 0 radical (unpaired) electrons. The third-order valence-corrected chi connectivity index (χ3v) is 7.38. The van der Waals surface area contributed by atoms with Gasteiger partial charge < -0.3 is 15.0 Å². The number of carbonyl (C=O) groups is 1. The van der Waals surface area contributed by atoms with E-state index >= 15 is 0 Å². The van der Waals surface area contributed by atoms with Crippen molar-refractivity contribution in [2.45, 2.75) is 77.2 Å². The Balaban J connectivity index is 1.17. The van der Waals surface area contributed by atoms with Crippen molar-refractivity contribution in [3.05, 3.63) is 29.3 Å². The van der Waals surface area contributed by atoms with Crippen LogP contribution in [-0.4, -0.2) is 43.1 Å². The molecule has 2 fully saturated rings. The molecule has 0 spiro atoms. The van der Waals surface area contributed by atoms with Crippen LogP contribution in [0.4, 0.5) is 0 Å². The number of benzene rings is 1. The van der Waals surface area contributed by atoms with Crippen molar-refractivity contribution in [1.29, 1.82) is 0 Å². The number of hydrogen-bond donors (Lipinski definition) is 1. The lowest BCUT2D eigenvalue weighted by atomic mass is 9.83. The number of ether oxygens (including phenoxy) is 1. The van der Waals surface area contributed by atoms with Crippen molar-refractivity contribution in [1.82, 2.24) is 10.2 Å². The molecule has 1 saturated heterocycles. The zero-order valence-corrected chi connectivity index (χ0v) is 18.3. The first-order valence-electron chi connectivity index (χ1n) is 11.9. The van der Waals surface area contributed by atoms with Crippen LogP contribution in [0.15, 0.2) is 18.2 Å². The van der Waals surface area contributed by atoms with Gasteiger partial charge in [-0.2, -0.15) is 0 Å². The summed E-state index contributed by atoms with van der Waals surface area (Å²) in [4.78, 5) is 14.6. The number of hydrogen-bond acceptors (Lipinski definition) is 3.